The van der Waals surface area contributed by atoms with Gasteiger partial charge in [-0.15, -0.1) is 0 Å². The molecule has 0 bridgehead atoms. The lowest BCUT2D eigenvalue weighted by molar-refractivity contribution is -0.140. The number of rotatable bonds is 2. The Hall–Kier alpha value is -2.78. The Morgan fingerprint density at radius 3 is 2.57 bits per heavy atom. The number of benzene rings is 1. The molecule has 3 aromatic rings. The Morgan fingerprint density at radius 2 is 1.96 bits per heavy atom. The zero-order valence-electron chi connectivity index (χ0n) is 14.0. The summed E-state index contributed by atoms with van der Waals surface area (Å²) in [6.07, 6.45) is -3.59. The van der Waals surface area contributed by atoms with Crippen molar-refractivity contribution in [3.8, 4) is 5.75 Å². The second kappa shape index (κ2) is 7.33. The van der Waals surface area contributed by atoms with Gasteiger partial charge < -0.3 is 9.94 Å². The van der Waals surface area contributed by atoms with E-state index in [2.05, 4.69) is 9.98 Å². The van der Waals surface area contributed by atoms with E-state index in [1.54, 1.807) is 0 Å². The number of carbonyl (C=O) groups is 1. The first-order valence-electron chi connectivity index (χ1n) is 7.53. The zero-order valence-corrected chi connectivity index (χ0v) is 15.5. The van der Waals surface area contributed by atoms with Gasteiger partial charge >= 0.3 is 6.18 Å². The molecule has 0 aliphatic rings. The minimum Gasteiger partial charge on any atom is -0.494 e. The summed E-state index contributed by atoms with van der Waals surface area (Å²) in [6, 6.07) is 5.75. The number of hydrogen-bond donors (Lipinski definition) is 1. The molecule has 1 aromatic carbocycles. The van der Waals surface area contributed by atoms with Gasteiger partial charge in [-0.25, -0.2) is 4.98 Å². The van der Waals surface area contributed by atoms with Gasteiger partial charge in [-0.3, -0.25) is 4.79 Å². The highest BCUT2D eigenvalue weighted by Crippen LogP contribution is 2.33. The van der Waals surface area contributed by atoms with E-state index in [1.807, 2.05) is 0 Å². The topological polar surface area (TPSA) is 76.7 Å². The molecule has 6 nitrogen and oxygen atoms in total. The molecular weight excluding hydrogens is 422 g/mol. The van der Waals surface area contributed by atoms with Gasteiger partial charge in [0.05, 0.1) is 28.9 Å². The fourth-order valence-corrected chi connectivity index (χ4v) is 2.98. The quantitative estimate of drug-likeness (QED) is 0.611. The van der Waals surface area contributed by atoms with Crippen molar-refractivity contribution in [1.29, 1.82) is 0 Å². The maximum Gasteiger partial charge on any atom is 0.433 e. The Morgan fingerprint density at radius 1 is 1.25 bits per heavy atom. The largest absolute Gasteiger partial charge is 0.494 e. The first-order chi connectivity index (χ1) is 13.1. The summed E-state index contributed by atoms with van der Waals surface area (Å²) in [4.78, 5) is 19.9. The van der Waals surface area contributed by atoms with Crippen LogP contribution in [0.3, 0.4) is 0 Å². The summed E-state index contributed by atoms with van der Waals surface area (Å²) in [5, 5.41) is 9.94. The van der Waals surface area contributed by atoms with Crippen LogP contribution in [0.4, 0.5) is 13.2 Å². The summed E-state index contributed by atoms with van der Waals surface area (Å²) in [6.45, 7) is 0. The molecule has 146 valence electrons. The average molecular weight is 432 g/mol. The van der Waals surface area contributed by atoms with Gasteiger partial charge in [-0.05, 0) is 30.3 Å². The fourth-order valence-electron chi connectivity index (χ4n) is 2.47. The van der Waals surface area contributed by atoms with Crippen LogP contribution in [-0.4, -0.2) is 27.9 Å². The Bertz CT molecular complexity index is 1130. The Balaban J connectivity index is 2.22. The molecule has 1 amide bonds. The number of fused-ring (bicyclic) bond motifs is 1. The number of ether oxygens (including phenoxy) is 1. The third kappa shape index (κ3) is 3.76. The fraction of sp³-hybridized carbons (Fsp3) is 0.118. The minimum atomic E-state index is -4.66. The first kappa shape index (κ1) is 20.0. The van der Waals surface area contributed by atoms with Crippen LogP contribution in [0.5, 0.6) is 5.75 Å². The van der Waals surface area contributed by atoms with E-state index in [9.17, 15) is 23.2 Å². The molecule has 2 aromatic heterocycles. The van der Waals surface area contributed by atoms with E-state index in [0.717, 1.165) is 18.3 Å². The number of pyridine rings is 2. The van der Waals surface area contributed by atoms with Gasteiger partial charge in [-0.2, -0.15) is 22.9 Å². The van der Waals surface area contributed by atoms with E-state index < -0.39 is 17.8 Å². The van der Waals surface area contributed by atoms with Crippen molar-refractivity contribution in [2.45, 2.75) is 6.18 Å². The third-order valence-electron chi connectivity index (χ3n) is 3.71. The van der Waals surface area contributed by atoms with Crippen molar-refractivity contribution in [1.82, 2.24) is 9.71 Å². The van der Waals surface area contributed by atoms with Gasteiger partial charge in [0.1, 0.15) is 17.0 Å². The smallest absolute Gasteiger partial charge is 0.433 e. The van der Waals surface area contributed by atoms with Gasteiger partial charge in [0.2, 0.25) is 0 Å². The van der Waals surface area contributed by atoms with Crippen LogP contribution in [0.25, 0.3) is 10.9 Å². The Labute approximate surface area is 165 Å². The standard InChI is InChI=1S/C17H10Cl2F3N3O3/c1-28-12-4-2-10(9-3-5-13(17(20,21)22)23-14(9)12)16(26)24-15-11(19)6-8(18)7-25(15)27/h2-7,27H,1H3. The second-order valence-corrected chi connectivity index (χ2v) is 6.34. The van der Waals surface area contributed by atoms with Gasteiger partial charge in [0.25, 0.3) is 5.91 Å². The van der Waals surface area contributed by atoms with Crippen molar-refractivity contribution < 1.29 is 27.9 Å². The van der Waals surface area contributed by atoms with Crippen LogP contribution in [0.15, 0.2) is 41.5 Å². The van der Waals surface area contributed by atoms with Crippen LogP contribution >= 0.6 is 23.2 Å². The number of nitrogens with zero attached hydrogens (tertiary/aromatic N) is 3. The highest BCUT2D eigenvalue weighted by Gasteiger charge is 2.33. The molecule has 11 heteroatoms. The number of carbonyl (C=O) groups excluding carboxylic acids is 1. The monoisotopic (exact) mass is 431 g/mol. The van der Waals surface area contributed by atoms with Gasteiger partial charge in [-0.1, -0.05) is 23.2 Å². The highest BCUT2D eigenvalue weighted by molar-refractivity contribution is 6.34. The summed E-state index contributed by atoms with van der Waals surface area (Å²) in [5.41, 5.74) is -1.63. The number of alkyl halides is 3. The lowest BCUT2D eigenvalue weighted by atomic mass is 10.1. The van der Waals surface area contributed by atoms with Crippen LogP contribution in [-0.2, 0) is 6.18 Å². The molecule has 0 saturated heterocycles. The normalized spacial score (nSPS) is 12.4. The van der Waals surface area contributed by atoms with Crippen LogP contribution in [0, 0.1) is 0 Å². The van der Waals surface area contributed by atoms with Crippen molar-refractivity contribution in [2.24, 2.45) is 4.99 Å². The molecule has 0 atom stereocenters. The van der Waals surface area contributed by atoms with E-state index in [1.165, 1.54) is 25.3 Å². The maximum atomic E-state index is 13.0. The van der Waals surface area contributed by atoms with E-state index >= 15 is 0 Å². The summed E-state index contributed by atoms with van der Waals surface area (Å²) in [7, 11) is 1.27. The first-order valence-corrected chi connectivity index (χ1v) is 8.28. The van der Waals surface area contributed by atoms with Crippen LogP contribution < -0.4 is 10.2 Å². The van der Waals surface area contributed by atoms with Crippen molar-refractivity contribution >= 4 is 40.0 Å². The third-order valence-corrected chi connectivity index (χ3v) is 4.19. The molecule has 0 radical (unpaired) electrons. The second-order valence-electron chi connectivity index (χ2n) is 5.50. The van der Waals surface area contributed by atoms with E-state index in [4.69, 9.17) is 27.9 Å². The summed E-state index contributed by atoms with van der Waals surface area (Å²) >= 11 is 11.7. The number of halogens is 5. The van der Waals surface area contributed by atoms with Crippen molar-refractivity contribution in [3.05, 3.63) is 63.3 Å². The minimum absolute atomic E-state index is 0.0527. The number of methoxy groups -OCH3 is 1. The average Bonchev–Trinajstić information content (AvgIpc) is 2.62. The zero-order chi connectivity index (χ0) is 20.6. The molecule has 0 fully saturated rings. The molecule has 0 spiro atoms. The van der Waals surface area contributed by atoms with Gasteiger partial charge in [0.15, 0.2) is 5.49 Å². The molecule has 0 unspecified atom stereocenters. The molecule has 28 heavy (non-hydrogen) atoms. The SMILES string of the molecule is COc1ccc(C(=O)N=c2c(Cl)cc(Cl)cn2O)c2ccc(C(F)(F)F)nc12. The molecule has 1 N–H and O–H groups in total. The van der Waals surface area contributed by atoms with Crippen LogP contribution in [0.2, 0.25) is 10.0 Å². The lowest BCUT2D eigenvalue weighted by Crippen LogP contribution is -2.21. The maximum absolute atomic E-state index is 13.0. The van der Waals surface area contributed by atoms with E-state index in [-0.39, 0.29) is 37.7 Å². The number of hydrogen-bond acceptors (Lipinski definition) is 4. The van der Waals surface area contributed by atoms with E-state index in [0.29, 0.717) is 4.73 Å². The van der Waals surface area contributed by atoms with Crippen molar-refractivity contribution in [2.75, 3.05) is 7.11 Å². The molecular formula is C17H10Cl2F3N3O3. The molecule has 2 heterocycles. The molecule has 0 aliphatic carbocycles. The number of amides is 1. The molecule has 0 saturated carbocycles. The number of aromatic nitrogens is 2. The molecule has 3 rings (SSSR count). The predicted octanol–water partition coefficient (Wildman–Crippen LogP) is 4.35. The summed E-state index contributed by atoms with van der Waals surface area (Å²) in [5.74, 6) is -0.805. The summed E-state index contributed by atoms with van der Waals surface area (Å²) < 4.78 is 44.4. The Kier molecular flexibility index (Phi) is 5.22. The van der Waals surface area contributed by atoms with Crippen LogP contribution in [0.1, 0.15) is 16.1 Å². The van der Waals surface area contributed by atoms with Gasteiger partial charge in [0, 0.05) is 5.39 Å². The lowest BCUT2D eigenvalue weighted by Gasteiger charge is -2.11. The van der Waals surface area contributed by atoms with Crippen molar-refractivity contribution in [3.63, 3.8) is 0 Å². The predicted molar refractivity (Wildman–Crippen MR) is 94.8 cm³/mol. The highest BCUT2D eigenvalue weighted by atomic mass is 35.5. The molecule has 0 aliphatic heterocycles.